The highest BCUT2D eigenvalue weighted by Gasteiger charge is 2.11. The van der Waals surface area contributed by atoms with Gasteiger partial charge < -0.3 is 15.4 Å². The summed E-state index contributed by atoms with van der Waals surface area (Å²) >= 11 is 0. The van der Waals surface area contributed by atoms with Crippen LogP contribution in [0.3, 0.4) is 0 Å². The van der Waals surface area contributed by atoms with Gasteiger partial charge in [0.2, 0.25) is 0 Å². The molecule has 5 nitrogen and oxygen atoms in total. The van der Waals surface area contributed by atoms with E-state index in [0.29, 0.717) is 0 Å². The molecule has 1 aromatic heterocycles. The van der Waals surface area contributed by atoms with Crippen molar-refractivity contribution in [2.24, 2.45) is 4.99 Å². The van der Waals surface area contributed by atoms with E-state index in [1.165, 1.54) is 5.56 Å². The molecule has 0 aliphatic carbocycles. The summed E-state index contributed by atoms with van der Waals surface area (Å²) in [4.78, 5) is 9.21. The zero-order valence-corrected chi connectivity index (χ0v) is 16.2. The molecule has 1 aliphatic heterocycles. The van der Waals surface area contributed by atoms with Gasteiger partial charge in [-0.1, -0.05) is 35.9 Å². The van der Waals surface area contributed by atoms with Crippen molar-refractivity contribution in [2.45, 2.75) is 20.3 Å². The summed E-state index contributed by atoms with van der Waals surface area (Å²) in [5, 5.41) is 6.52. The fraction of sp³-hybridized carbons (Fsp3) is 0.217. The zero-order valence-electron chi connectivity index (χ0n) is 16.2. The minimum atomic E-state index is 0.756. The average molecular weight is 372 g/mol. The molecular weight excluding hydrogens is 348 g/mol. The number of para-hydroxylation sites is 1. The molecule has 4 rings (SSSR count). The first-order chi connectivity index (χ1) is 13.7. The molecule has 0 radical (unpaired) electrons. The monoisotopic (exact) mass is 372 g/mol. The molecule has 0 saturated carbocycles. The number of aryl methyl sites for hydroxylation is 2. The van der Waals surface area contributed by atoms with Crippen molar-refractivity contribution in [1.82, 2.24) is 10.3 Å². The second-order valence-electron chi connectivity index (χ2n) is 6.91. The summed E-state index contributed by atoms with van der Waals surface area (Å²) in [5.74, 6) is 3.17. The summed E-state index contributed by atoms with van der Waals surface area (Å²) in [6.45, 7) is 5.91. The molecule has 2 aromatic carbocycles. The van der Waals surface area contributed by atoms with Gasteiger partial charge in [-0.15, -0.1) is 0 Å². The highest BCUT2D eigenvalue weighted by Crippen LogP contribution is 2.34. The van der Waals surface area contributed by atoms with E-state index in [2.05, 4.69) is 41.6 Å². The quantitative estimate of drug-likeness (QED) is 0.682. The summed E-state index contributed by atoms with van der Waals surface area (Å²) < 4.78 is 6.24. The molecule has 2 N–H and O–H groups in total. The molecule has 1 aliphatic rings. The lowest BCUT2D eigenvalue weighted by Crippen LogP contribution is -2.35. The Morgan fingerprint density at radius 2 is 1.86 bits per heavy atom. The Bertz CT molecular complexity index is 1010. The predicted molar refractivity (Wildman–Crippen MR) is 114 cm³/mol. The second kappa shape index (κ2) is 8.13. The zero-order chi connectivity index (χ0) is 19.3. The largest absolute Gasteiger partial charge is 0.456 e. The minimum Gasteiger partial charge on any atom is -0.456 e. The number of nitrogens with one attached hydrogen (secondary N) is 2. The van der Waals surface area contributed by atoms with E-state index >= 15 is 0 Å². The van der Waals surface area contributed by atoms with Crippen molar-refractivity contribution in [3.05, 3.63) is 71.8 Å². The first-order valence-electron chi connectivity index (χ1n) is 9.56. The summed E-state index contributed by atoms with van der Waals surface area (Å²) in [7, 11) is 0. The molecule has 3 aromatic rings. The predicted octanol–water partition coefficient (Wildman–Crippen LogP) is 4.92. The van der Waals surface area contributed by atoms with E-state index in [1.54, 1.807) is 0 Å². The van der Waals surface area contributed by atoms with Crippen LogP contribution in [-0.4, -0.2) is 24.0 Å². The van der Waals surface area contributed by atoms with Crippen molar-refractivity contribution in [2.75, 3.05) is 18.4 Å². The van der Waals surface area contributed by atoms with Crippen molar-refractivity contribution >= 4 is 11.8 Å². The van der Waals surface area contributed by atoms with Crippen molar-refractivity contribution < 1.29 is 4.74 Å². The molecule has 0 bridgehead atoms. The van der Waals surface area contributed by atoms with Crippen LogP contribution in [-0.2, 0) is 0 Å². The number of rotatable bonds is 4. The molecule has 0 saturated heterocycles. The maximum Gasteiger partial charge on any atom is 0.196 e. The average Bonchev–Trinajstić information content (AvgIpc) is 2.71. The first kappa shape index (κ1) is 18.0. The second-order valence-corrected chi connectivity index (χ2v) is 6.91. The smallest absolute Gasteiger partial charge is 0.196 e. The van der Waals surface area contributed by atoms with Crippen LogP contribution in [0, 0.1) is 13.8 Å². The van der Waals surface area contributed by atoms with Gasteiger partial charge in [0.05, 0.1) is 5.69 Å². The number of aromatic nitrogens is 1. The van der Waals surface area contributed by atoms with E-state index in [9.17, 15) is 0 Å². The Morgan fingerprint density at radius 3 is 2.68 bits per heavy atom. The van der Waals surface area contributed by atoms with Gasteiger partial charge in [0.1, 0.15) is 17.3 Å². The molecule has 0 amide bonds. The number of pyridine rings is 1. The number of anilines is 1. The van der Waals surface area contributed by atoms with Gasteiger partial charge in [-0.25, -0.2) is 4.98 Å². The molecule has 0 unspecified atom stereocenters. The lowest BCUT2D eigenvalue weighted by molar-refractivity contribution is 0.480. The highest BCUT2D eigenvalue weighted by atomic mass is 16.5. The summed E-state index contributed by atoms with van der Waals surface area (Å²) in [5.41, 5.74) is 4.13. The third-order valence-corrected chi connectivity index (χ3v) is 4.61. The Morgan fingerprint density at radius 1 is 0.964 bits per heavy atom. The van der Waals surface area contributed by atoms with Crippen LogP contribution >= 0.6 is 0 Å². The van der Waals surface area contributed by atoms with Crippen LogP contribution in [0.2, 0.25) is 0 Å². The number of guanidine groups is 1. The molecular formula is C23H24N4O. The molecule has 0 spiro atoms. The molecule has 28 heavy (non-hydrogen) atoms. The number of nitrogens with zero attached hydrogens (tertiary/aromatic N) is 2. The third kappa shape index (κ3) is 4.14. The summed E-state index contributed by atoms with van der Waals surface area (Å²) in [6.07, 6.45) is 1.06. The van der Waals surface area contributed by atoms with Crippen LogP contribution in [0.1, 0.15) is 17.5 Å². The van der Waals surface area contributed by atoms with Gasteiger partial charge in [-0.2, -0.15) is 0 Å². The fourth-order valence-corrected chi connectivity index (χ4v) is 3.19. The standard InChI is InChI=1S/C23H24N4O/c1-16-11-12-20(17(2)15-16)28-21-9-4-3-7-18(21)19-8-5-10-22(26-19)27-23-24-13-6-14-25-23/h3-5,7-12,15H,6,13-14H2,1-2H3,(H2,24,25,26,27). The maximum atomic E-state index is 6.24. The van der Waals surface area contributed by atoms with Crippen LogP contribution in [0.15, 0.2) is 65.7 Å². The van der Waals surface area contributed by atoms with Crippen LogP contribution < -0.4 is 15.4 Å². The third-order valence-electron chi connectivity index (χ3n) is 4.61. The van der Waals surface area contributed by atoms with Gasteiger partial charge in [-0.3, -0.25) is 4.99 Å². The van der Waals surface area contributed by atoms with Gasteiger partial charge in [0.25, 0.3) is 0 Å². The molecule has 0 atom stereocenters. The number of hydrogen-bond acceptors (Lipinski definition) is 5. The fourth-order valence-electron chi connectivity index (χ4n) is 3.19. The topological polar surface area (TPSA) is 58.5 Å². The van der Waals surface area contributed by atoms with Gasteiger partial charge in [-0.05, 0) is 56.2 Å². The van der Waals surface area contributed by atoms with Crippen LogP contribution in [0.4, 0.5) is 5.82 Å². The molecule has 5 heteroatoms. The van der Waals surface area contributed by atoms with Crippen molar-refractivity contribution in [1.29, 1.82) is 0 Å². The first-order valence-corrected chi connectivity index (χ1v) is 9.56. The van der Waals surface area contributed by atoms with Crippen LogP contribution in [0.5, 0.6) is 11.5 Å². The number of benzene rings is 2. The molecule has 2 heterocycles. The van der Waals surface area contributed by atoms with Crippen LogP contribution in [0.25, 0.3) is 11.3 Å². The molecule has 0 fully saturated rings. The molecule has 142 valence electrons. The van der Waals surface area contributed by atoms with Gasteiger partial charge in [0, 0.05) is 18.7 Å². The summed E-state index contributed by atoms with van der Waals surface area (Å²) in [6, 6.07) is 20.1. The number of hydrogen-bond donors (Lipinski definition) is 2. The Balaban J connectivity index is 1.63. The Kier molecular flexibility index (Phi) is 5.24. The Labute approximate surface area is 165 Å². The van der Waals surface area contributed by atoms with E-state index in [-0.39, 0.29) is 0 Å². The maximum absolute atomic E-state index is 6.24. The lowest BCUT2D eigenvalue weighted by atomic mass is 10.1. The number of aliphatic imine (C=N–C) groups is 1. The normalized spacial score (nSPS) is 13.4. The lowest BCUT2D eigenvalue weighted by Gasteiger charge is -2.16. The van der Waals surface area contributed by atoms with Crippen molar-refractivity contribution in [3.63, 3.8) is 0 Å². The number of ether oxygens (including phenoxy) is 1. The van der Waals surface area contributed by atoms with E-state index in [0.717, 1.165) is 59.6 Å². The van der Waals surface area contributed by atoms with E-state index < -0.39 is 0 Å². The van der Waals surface area contributed by atoms with E-state index in [4.69, 9.17) is 9.72 Å². The van der Waals surface area contributed by atoms with Gasteiger partial charge in [0.15, 0.2) is 5.96 Å². The van der Waals surface area contributed by atoms with Gasteiger partial charge >= 0.3 is 0 Å². The SMILES string of the molecule is Cc1ccc(Oc2ccccc2-c2cccc(NC3=NCCCN3)n2)c(C)c1. The van der Waals surface area contributed by atoms with E-state index in [1.807, 2.05) is 48.5 Å². The Hall–Kier alpha value is -3.34. The van der Waals surface area contributed by atoms with Crippen molar-refractivity contribution in [3.8, 4) is 22.8 Å². The highest BCUT2D eigenvalue weighted by molar-refractivity contribution is 5.93. The minimum absolute atomic E-state index is 0.756.